The number of urea groups is 1. The maximum absolute atomic E-state index is 14.8. The number of carbonyl (C=O) groups is 1. The van der Waals surface area contributed by atoms with E-state index in [2.05, 4.69) is 19.9 Å². The van der Waals surface area contributed by atoms with Gasteiger partial charge < -0.3 is 20.2 Å². The number of benzene rings is 4. The number of nitrogens with one attached hydrogen (secondary N) is 2. The van der Waals surface area contributed by atoms with E-state index >= 15 is 0 Å². The molecule has 0 spiro atoms. The number of aromatic nitrogens is 4. The van der Waals surface area contributed by atoms with Crippen molar-refractivity contribution in [3.05, 3.63) is 155 Å². The summed E-state index contributed by atoms with van der Waals surface area (Å²) in [4.78, 5) is 32.8. The van der Waals surface area contributed by atoms with Gasteiger partial charge in [-0.3, -0.25) is 9.80 Å². The molecule has 7 rings (SSSR count). The molecule has 1 aliphatic rings. The Morgan fingerprint density at radius 3 is 1.43 bits per heavy atom. The third-order valence-electron chi connectivity index (χ3n) is 7.96. The van der Waals surface area contributed by atoms with Gasteiger partial charge in [-0.15, -0.1) is 0 Å². The van der Waals surface area contributed by atoms with Crippen LogP contribution in [0.2, 0.25) is 0 Å². The Labute approximate surface area is 253 Å². The summed E-state index contributed by atoms with van der Waals surface area (Å²) >= 11 is 0. The molecule has 0 radical (unpaired) electrons. The largest absolute Gasteiger partial charge is 0.503 e. The first kappa shape index (κ1) is 27.0. The van der Waals surface area contributed by atoms with E-state index < -0.39 is 0 Å². The average molecular weight is 583 g/mol. The van der Waals surface area contributed by atoms with Crippen LogP contribution in [0.4, 0.5) is 4.79 Å². The van der Waals surface area contributed by atoms with Crippen molar-refractivity contribution in [3.63, 3.8) is 0 Å². The Hall–Kier alpha value is -5.83. The van der Waals surface area contributed by atoms with Crippen LogP contribution in [0.25, 0.3) is 22.1 Å². The number of amides is 2. The summed E-state index contributed by atoms with van der Waals surface area (Å²) in [6.45, 7) is 0.337. The molecule has 4 aromatic carbocycles. The highest BCUT2D eigenvalue weighted by Crippen LogP contribution is 2.33. The quantitative estimate of drug-likeness (QED) is 0.156. The third-order valence-corrected chi connectivity index (χ3v) is 7.96. The van der Waals surface area contributed by atoms with Gasteiger partial charge >= 0.3 is 6.03 Å². The van der Waals surface area contributed by atoms with Gasteiger partial charge in [-0.1, -0.05) is 72.8 Å². The van der Waals surface area contributed by atoms with Gasteiger partial charge in [-0.05, 0) is 46.5 Å². The van der Waals surface area contributed by atoms with Crippen LogP contribution in [0, 0.1) is 0 Å². The molecule has 2 aromatic heterocycles. The lowest BCUT2D eigenvalue weighted by Gasteiger charge is -2.31. The van der Waals surface area contributed by atoms with E-state index in [-0.39, 0.29) is 43.5 Å². The minimum absolute atomic E-state index is 0.169. The number of nitrogens with zero attached hydrogens (tertiary/aromatic N) is 4. The van der Waals surface area contributed by atoms with Gasteiger partial charge in [0.1, 0.15) is 0 Å². The first-order valence-corrected chi connectivity index (χ1v) is 14.4. The Morgan fingerprint density at radius 1 is 0.568 bits per heavy atom. The number of carbonyl (C=O) groups excluding carboxylic acids is 1. The summed E-state index contributed by atoms with van der Waals surface area (Å²) in [6, 6.07) is 30.4. The van der Waals surface area contributed by atoms with Crippen LogP contribution in [-0.4, -0.2) is 46.0 Å². The first-order chi connectivity index (χ1) is 21.5. The van der Waals surface area contributed by atoms with Crippen LogP contribution < -0.4 is 0 Å². The summed E-state index contributed by atoms with van der Waals surface area (Å²) < 4.78 is 0. The molecule has 2 amide bonds. The zero-order valence-corrected chi connectivity index (χ0v) is 23.8. The van der Waals surface area contributed by atoms with E-state index in [4.69, 9.17) is 0 Å². The highest BCUT2D eigenvalue weighted by molar-refractivity contribution is 5.81. The van der Waals surface area contributed by atoms with E-state index in [0.29, 0.717) is 11.4 Å². The molecule has 9 nitrogen and oxygen atoms in total. The minimum atomic E-state index is -0.355. The van der Waals surface area contributed by atoms with Gasteiger partial charge in [0.05, 0.1) is 59.2 Å². The first-order valence-electron chi connectivity index (χ1n) is 14.4. The van der Waals surface area contributed by atoms with Crippen molar-refractivity contribution in [2.45, 2.75) is 25.9 Å². The van der Waals surface area contributed by atoms with Crippen LogP contribution in [-0.2, 0) is 25.9 Å². The number of hydrogen-bond donors (Lipinski definition) is 4. The van der Waals surface area contributed by atoms with Crippen LogP contribution in [0.3, 0.4) is 0 Å². The summed E-state index contributed by atoms with van der Waals surface area (Å²) in [5, 5.41) is 23.5. The fourth-order valence-electron chi connectivity index (χ4n) is 5.70. The summed E-state index contributed by atoms with van der Waals surface area (Å²) in [5.74, 6) is -0.635. The molecule has 0 saturated heterocycles. The molecule has 9 heteroatoms. The molecule has 0 fully saturated rings. The van der Waals surface area contributed by atoms with Gasteiger partial charge in [0.2, 0.25) is 0 Å². The molecular formula is C35H30N6O3. The van der Waals surface area contributed by atoms with Gasteiger partial charge in [0.15, 0.2) is 11.5 Å². The molecule has 0 atom stereocenters. The molecule has 0 saturated carbocycles. The number of hydrogen-bond acceptors (Lipinski definition) is 5. The van der Waals surface area contributed by atoms with E-state index in [1.807, 2.05) is 97.1 Å². The molecule has 4 N–H and O–H groups in total. The number of aromatic amines is 2. The lowest BCUT2D eigenvalue weighted by Crippen LogP contribution is -2.41. The third kappa shape index (κ3) is 5.27. The van der Waals surface area contributed by atoms with Crippen molar-refractivity contribution in [2.75, 3.05) is 0 Å². The second kappa shape index (κ2) is 11.4. The lowest BCUT2D eigenvalue weighted by atomic mass is 10.0. The van der Waals surface area contributed by atoms with E-state index in [0.717, 1.165) is 44.3 Å². The topological polar surface area (TPSA) is 121 Å². The summed E-state index contributed by atoms with van der Waals surface area (Å²) in [5.41, 5.74) is 7.45. The summed E-state index contributed by atoms with van der Waals surface area (Å²) in [6.07, 6.45) is 3.74. The average Bonchev–Trinajstić information content (AvgIpc) is 3.72. The van der Waals surface area contributed by atoms with Crippen molar-refractivity contribution in [1.29, 1.82) is 0 Å². The Bertz CT molecular complexity index is 1880. The molecule has 0 bridgehead atoms. The molecule has 218 valence electrons. The monoisotopic (exact) mass is 582 g/mol. The van der Waals surface area contributed by atoms with Crippen molar-refractivity contribution < 1.29 is 15.0 Å². The predicted molar refractivity (Wildman–Crippen MR) is 168 cm³/mol. The van der Waals surface area contributed by atoms with Gasteiger partial charge in [0.25, 0.3) is 0 Å². The predicted octanol–water partition coefficient (Wildman–Crippen LogP) is 6.90. The summed E-state index contributed by atoms with van der Waals surface area (Å²) in [7, 11) is 0. The minimum Gasteiger partial charge on any atom is -0.503 e. The van der Waals surface area contributed by atoms with Crippen molar-refractivity contribution in [1.82, 2.24) is 29.7 Å². The standard InChI is InChI=1S/C35H30N6O3/c42-33-31(17-23-7-3-1-4-8-23)40(19-25-11-13-27-29(15-25)38-21-36-27)35(44)41(20-26-12-14-28-30(16-26)39-22-37-28)32(34(33)43)18-24-9-5-2-6-10-24/h1-16,21-22,42-43H,17-20H2,(H,36,38)(H,37,39). The number of aliphatic hydroxyl groups excluding tert-OH is 2. The zero-order valence-electron chi connectivity index (χ0n) is 23.8. The molecule has 1 aliphatic heterocycles. The van der Waals surface area contributed by atoms with Gasteiger partial charge in [-0.25, -0.2) is 14.8 Å². The number of aliphatic hydroxyl groups is 2. The zero-order chi connectivity index (χ0) is 30.0. The number of H-pyrrole nitrogens is 2. The number of rotatable bonds is 8. The number of allylic oxidation sites excluding steroid dienone is 2. The molecule has 44 heavy (non-hydrogen) atoms. The second-order valence-corrected chi connectivity index (χ2v) is 10.9. The molecule has 6 aromatic rings. The Kier molecular flexibility index (Phi) is 7.03. The highest BCUT2D eigenvalue weighted by Gasteiger charge is 2.36. The van der Waals surface area contributed by atoms with E-state index in [1.165, 1.54) is 0 Å². The fraction of sp³-hybridized carbons (Fsp3) is 0.114. The van der Waals surface area contributed by atoms with E-state index in [1.54, 1.807) is 22.5 Å². The fourth-order valence-corrected chi connectivity index (χ4v) is 5.70. The molecule has 0 aliphatic carbocycles. The highest BCUT2D eigenvalue weighted by atomic mass is 16.3. The molecule has 3 heterocycles. The number of fused-ring (bicyclic) bond motifs is 2. The number of imidazole rings is 2. The maximum atomic E-state index is 14.8. The van der Waals surface area contributed by atoms with E-state index in [9.17, 15) is 15.0 Å². The van der Waals surface area contributed by atoms with Crippen LogP contribution in [0.1, 0.15) is 22.3 Å². The van der Waals surface area contributed by atoms with Crippen molar-refractivity contribution in [3.8, 4) is 0 Å². The van der Waals surface area contributed by atoms with Gasteiger partial charge in [-0.2, -0.15) is 0 Å². The second-order valence-electron chi connectivity index (χ2n) is 10.9. The smallest absolute Gasteiger partial charge is 0.329 e. The van der Waals surface area contributed by atoms with Crippen molar-refractivity contribution in [2.24, 2.45) is 0 Å². The van der Waals surface area contributed by atoms with Crippen molar-refractivity contribution >= 4 is 28.1 Å². The van der Waals surface area contributed by atoms with Crippen LogP contribution in [0.15, 0.2) is 133 Å². The lowest BCUT2D eigenvalue weighted by molar-refractivity contribution is 0.171. The SMILES string of the molecule is O=C1N(Cc2ccc3nc[nH]c3c2)C(Cc2ccccc2)=C(O)C(O)=C(Cc2ccccc2)N1Cc1ccc2nc[nH]c2c1. The maximum Gasteiger partial charge on any atom is 0.329 e. The van der Waals surface area contributed by atoms with Crippen LogP contribution in [0.5, 0.6) is 0 Å². The molecule has 0 unspecified atom stereocenters. The Morgan fingerprint density at radius 2 is 1.00 bits per heavy atom. The normalized spacial score (nSPS) is 14.2. The Balaban J connectivity index is 1.35. The van der Waals surface area contributed by atoms with Crippen LogP contribution >= 0.6 is 0 Å². The van der Waals surface area contributed by atoms with Gasteiger partial charge in [0, 0.05) is 12.8 Å². The molecular weight excluding hydrogens is 552 g/mol.